The predicted molar refractivity (Wildman–Crippen MR) is 104 cm³/mol. The second-order valence-corrected chi connectivity index (χ2v) is 6.00. The Labute approximate surface area is 160 Å². The van der Waals surface area contributed by atoms with E-state index in [-0.39, 0.29) is 5.91 Å². The van der Waals surface area contributed by atoms with E-state index in [0.29, 0.717) is 36.8 Å². The Morgan fingerprint density at radius 3 is 2.15 bits per heavy atom. The Hall–Kier alpha value is -2.89. The van der Waals surface area contributed by atoms with E-state index in [9.17, 15) is 4.79 Å². The third-order valence-corrected chi connectivity index (χ3v) is 4.21. The number of methoxy groups -OCH3 is 3. The maximum absolute atomic E-state index is 12.6. The van der Waals surface area contributed by atoms with Gasteiger partial charge in [-0.2, -0.15) is 0 Å². The van der Waals surface area contributed by atoms with Gasteiger partial charge in [-0.05, 0) is 36.8 Å². The van der Waals surface area contributed by atoms with Gasteiger partial charge in [0.05, 0.1) is 34.4 Å². The molecular formula is C21H27NO5. The minimum absolute atomic E-state index is 0.0102. The van der Waals surface area contributed by atoms with Gasteiger partial charge in [-0.25, -0.2) is 0 Å². The lowest BCUT2D eigenvalue weighted by molar-refractivity contribution is -0.129. The summed E-state index contributed by atoms with van der Waals surface area (Å²) in [6.07, 6.45) is 0.318. The Bertz CT molecular complexity index is 758. The van der Waals surface area contributed by atoms with Crippen LogP contribution in [-0.2, 0) is 17.8 Å². The van der Waals surface area contributed by atoms with E-state index in [4.69, 9.17) is 18.9 Å². The molecule has 2 aromatic carbocycles. The second-order valence-electron chi connectivity index (χ2n) is 6.00. The van der Waals surface area contributed by atoms with Gasteiger partial charge in [-0.1, -0.05) is 12.1 Å². The number of hydrogen-bond acceptors (Lipinski definition) is 5. The van der Waals surface area contributed by atoms with E-state index in [2.05, 4.69) is 0 Å². The SMILES string of the molecule is CCOc1ccc(CC(=O)N(C)Cc2ccc(OC)c(OC)c2OC)cc1. The van der Waals surface area contributed by atoms with Crippen molar-refractivity contribution in [3.63, 3.8) is 0 Å². The molecule has 0 aliphatic rings. The summed E-state index contributed by atoms with van der Waals surface area (Å²) in [5.41, 5.74) is 1.78. The quantitative estimate of drug-likeness (QED) is 0.675. The van der Waals surface area contributed by atoms with Gasteiger partial charge < -0.3 is 23.8 Å². The van der Waals surface area contributed by atoms with E-state index in [1.807, 2.05) is 43.3 Å². The molecule has 1 amide bonds. The molecule has 0 atom stereocenters. The van der Waals surface area contributed by atoms with Gasteiger partial charge in [0.2, 0.25) is 11.7 Å². The Balaban J connectivity index is 2.09. The molecule has 0 aliphatic carbocycles. The maximum Gasteiger partial charge on any atom is 0.227 e. The molecular weight excluding hydrogens is 346 g/mol. The van der Waals surface area contributed by atoms with Crippen LogP contribution in [-0.4, -0.2) is 45.8 Å². The highest BCUT2D eigenvalue weighted by Crippen LogP contribution is 2.40. The highest BCUT2D eigenvalue weighted by molar-refractivity contribution is 5.78. The first kappa shape index (κ1) is 20.4. The first-order chi connectivity index (χ1) is 13.0. The van der Waals surface area contributed by atoms with Gasteiger partial charge in [0, 0.05) is 19.2 Å². The Kier molecular flexibility index (Phi) is 7.34. The van der Waals surface area contributed by atoms with Crippen molar-refractivity contribution in [2.24, 2.45) is 0 Å². The van der Waals surface area contributed by atoms with Crippen LogP contribution in [0.2, 0.25) is 0 Å². The number of amides is 1. The van der Waals surface area contributed by atoms with Crippen LogP contribution in [0.25, 0.3) is 0 Å². The van der Waals surface area contributed by atoms with E-state index < -0.39 is 0 Å². The highest BCUT2D eigenvalue weighted by Gasteiger charge is 2.18. The van der Waals surface area contributed by atoms with E-state index in [1.165, 1.54) is 0 Å². The van der Waals surface area contributed by atoms with Gasteiger partial charge >= 0.3 is 0 Å². The second kappa shape index (κ2) is 9.71. The number of hydrogen-bond donors (Lipinski definition) is 0. The third-order valence-electron chi connectivity index (χ3n) is 4.21. The molecule has 6 heteroatoms. The standard InChI is InChI=1S/C21H27NO5/c1-6-27-17-10-7-15(8-11-17)13-19(23)22(2)14-16-9-12-18(24-3)21(26-5)20(16)25-4/h7-12H,6,13-14H2,1-5H3. The fourth-order valence-corrected chi connectivity index (χ4v) is 2.81. The van der Waals surface area contributed by atoms with Gasteiger partial charge in [0.15, 0.2) is 11.5 Å². The van der Waals surface area contributed by atoms with Crippen molar-refractivity contribution >= 4 is 5.91 Å². The number of ether oxygens (including phenoxy) is 4. The molecule has 0 aliphatic heterocycles. The topological polar surface area (TPSA) is 57.2 Å². The number of carbonyl (C=O) groups excluding carboxylic acids is 1. The van der Waals surface area contributed by atoms with E-state index in [0.717, 1.165) is 16.9 Å². The number of rotatable bonds is 9. The van der Waals surface area contributed by atoms with Crippen molar-refractivity contribution in [1.29, 1.82) is 0 Å². The lowest BCUT2D eigenvalue weighted by atomic mass is 10.1. The first-order valence-corrected chi connectivity index (χ1v) is 8.77. The predicted octanol–water partition coefficient (Wildman–Crippen LogP) is 3.31. The van der Waals surface area contributed by atoms with Crippen molar-refractivity contribution < 1.29 is 23.7 Å². The zero-order chi connectivity index (χ0) is 19.8. The Morgan fingerprint density at radius 1 is 0.926 bits per heavy atom. The summed E-state index contributed by atoms with van der Waals surface area (Å²) in [5, 5.41) is 0. The van der Waals surface area contributed by atoms with Gasteiger partial charge in [-0.15, -0.1) is 0 Å². The smallest absolute Gasteiger partial charge is 0.227 e. The van der Waals surface area contributed by atoms with Crippen molar-refractivity contribution in [2.75, 3.05) is 35.0 Å². The molecule has 0 radical (unpaired) electrons. The molecule has 2 aromatic rings. The zero-order valence-corrected chi connectivity index (χ0v) is 16.6. The molecule has 0 N–H and O–H groups in total. The molecule has 0 spiro atoms. The fourth-order valence-electron chi connectivity index (χ4n) is 2.81. The molecule has 0 unspecified atom stereocenters. The average molecular weight is 373 g/mol. The molecule has 2 rings (SSSR count). The molecule has 0 heterocycles. The molecule has 0 aromatic heterocycles. The summed E-state index contributed by atoms with van der Waals surface area (Å²) in [5.74, 6) is 2.48. The van der Waals surface area contributed by atoms with Crippen LogP contribution < -0.4 is 18.9 Å². The number of carbonyl (C=O) groups is 1. The normalized spacial score (nSPS) is 10.3. The van der Waals surface area contributed by atoms with Crippen molar-refractivity contribution in [2.45, 2.75) is 19.9 Å². The lowest BCUT2D eigenvalue weighted by Gasteiger charge is -2.21. The molecule has 146 valence electrons. The van der Waals surface area contributed by atoms with Crippen LogP contribution in [0.1, 0.15) is 18.1 Å². The minimum atomic E-state index is 0.0102. The number of benzene rings is 2. The average Bonchev–Trinajstić information content (AvgIpc) is 2.68. The highest BCUT2D eigenvalue weighted by atomic mass is 16.5. The monoisotopic (exact) mass is 373 g/mol. The van der Waals surface area contributed by atoms with Gasteiger partial charge in [0.1, 0.15) is 5.75 Å². The summed E-state index contributed by atoms with van der Waals surface area (Å²) < 4.78 is 21.6. The molecule has 0 saturated heterocycles. The van der Waals surface area contributed by atoms with Crippen molar-refractivity contribution in [3.8, 4) is 23.0 Å². The van der Waals surface area contributed by atoms with E-state index >= 15 is 0 Å². The number of nitrogens with zero attached hydrogens (tertiary/aromatic N) is 1. The summed E-state index contributed by atoms with van der Waals surface area (Å²) in [6.45, 7) is 2.96. The van der Waals surface area contributed by atoms with Crippen LogP contribution in [0.15, 0.2) is 36.4 Å². The summed E-state index contributed by atoms with van der Waals surface area (Å²) in [6, 6.07) is 11.3. The third kappa shape index (κ3) is 5.06. The summed E-state index contributed by atoms with van der Waals surface area (Å²) in [7, 11) is 6.48. The van der Waals surface area contributed by atoms with Crippen molar-refractivity contribution in [1.82, 2.24) is 4.90 Å². The van der Waals surface area contributed by atoms with Crippen LogP contribution in [0.4, 0.5) is 0 Å². The number of likely N-dealkylation sites (N-methyl/N-ethyl adjacent to an activating group) is 1. The fraction of sp³-hybridized carbons (Fsp3) is 0.381. The molecule has 0 saturated carbocycles. The maximum atomic E-state index is 12.6. The van der Waals surface area contributed by atoms with Gasteiger partial charge in [-0.3, -0.25) is 4.79 Å². The zero-order valence-electron chi connectivity index (χ0n) is 16.6. The molecule has 6 nitrogen and oxygen atoms in total. The summed E-state index contributed by atoms with van der Waals surface area (Å²) in [4.78, 5) is 14.3. The lowest BCUT2D eigenvalue weighted by Crippen LogP contribution is -2.28. The molecule has 0 fully saturated rings. The van der Waals surface area contributed by atoms with Gasteiger partial charge in [0.25, 0.3) is 0 Å². The van der Waals surface area contributed by atoms with Crippen molar-refractivity contribution in [3.05, 3.63) is 47.5 Å². The van der Waals surface area contributed by atoms with Crippen LogP contribution in [0, 0.1) is 0 Å². The molecule has 0 bridgehead atoms. The van der Waals surface area contributed by atoms with Crippen LogP contribution >= 0.6 is 0 Å². The summed E-state index contributed by atoms with van der Waals surface area (Å²) >= 11 is 0. The first-order valence-electron chi connectivity index (χ1n) is 8.77. The Morgan fingerprint density at radius 2 is 1.59 bits per heavy atom. The molecule has 27 heavy (non-hydrogen) atoms. The minimum Gasteiger partial charge on any atom is -0.494 e. The largest absolute Gasteiger partial charge is 0.494 e. The van der Waals surface area contributed by atoms with Crippen LogP contribution in [0.3, 0.4) is 0 Å². The van der Waals surface area contributed by atoms with Crippen LogP contribution in [0.5, 0.6) is 23.0 Å². The van der Waals surface area contributed by atoms with E-state index in [1.54, 1.807) is 33.3 Å².